The van der Waals surface area contributed by atoms with Crippen LogP contribution in [0.1, 0.15) is 34.6 Å². The highest BCUT2D eigenvalue weighted by Gasteiger charge is 2.37. The van der Waals surface area contributed by atoms with Crippen LogP contribution in [0, 0.1) is 5.92 Å². The number of guanidine groups is 1. The van der Waals surface area contributed by atoms with Gasteiger partial charge in [0.05, 0.1) is 12.6 Å². The summed E-state index contributed by atoms with van der Waals surface area (Å²) in [6, 6.07) is 0.758. The molecular formula is C21H40N6O2. The summed E-state index contributed by atoms with van der Waals surface area (Å²) in [7, 11) is 2.20. The summed E-state index contributed by atoms with van der Waals surface area (Å²) < 4.78 is 5.54. The summed E-state index contributed by atoms with van der Waals surface area (Å²) in [6.07, 6.45) is -0.214. The number of carbonyl (C=O) groups excluding carboxylic acids is 1. The van der Waals surface area contributed by atoms with Gasteiger partial charge in [-0.05, 0) is 33.7 Å². The quantitative estimate of drug-likeness (QED) is 0.753. The monoisotopic (exact) mass is 408 g/mol. The molecule has 3 aliphatic rings. The maximum absolute atomic E-state index is 12.4. The van der Waals surface area contributed by atoms with Crippen molar-refractivity contribution in [1.82, 2.24) is 24.9 Å². The highest BCUT2D eigenvalue weighted by molar-refractivity contribution is 5.82. The SMILES string of the molecule is CC(C)C(CNC1=NCC2CN(C(=O)OC(C)(C)C)CCN12)N1CCN(C)CC1. The smallest absolute Gasteiger partial charge is 0.410 e. The number of nitrogens with zero attached hydrogens (tertiary/aromatic N) is 5. The third kappa shape index (κ3) is 5.75. The van der Waals surface area contributed by atoms with Gasteiger partial charge in [-0.2, -0.15) is 0 Å². The number of carbonyl (C=O) groups is 1. The first-order valence-electron chi connectivity index (χ1n) is 11.1. The molecule has 8 nitrogen and oxygen atoms in total. The van der Waals surface area contributed by atoms with Crippen molar-refractivity contribution in [3.05, 3.63) is 0 Å². The van der Waals surface area contributed by atoms with Gasteiger partial charge in [-0.15, -0.1) is 0 Å². The lowest BCUT2D eigenvalue weighted by Gasteiger charge is -2.41. The largest absolute Gasteiger partial charge is 0.444 e. The number of hydrogen-bond acceptors (Lipinski definition) is 7. The van der Waals surface area contributed by atoms with Gasteiger partial charge in [0.1, 0.15) is 5.60 Å². The molecular weight excluding hydrogens is 368 g/mol. The minimum Gasteiger partial charge on any atom is -0.444 e. The number of hydrogen-bond donors (Lipinski definition) is 1. The molecule has 8 heteroatoms. The van der Waals surface area contributed by atoms with Gasteiger partial charge in [0.25, 0.3) is 0 Å². The number of fused-ring (bicyclic) bond motifs is 1. The molecule has 0 aromatic carbocycles. The molecule has 0 aromatic heterocycles. The summed E-state index contributed by atoms with van der Waals surface area (Å²) in [4.78, 5) is 26.3. The molecule has 1 N–H and O–H groups in total. The van der Waals surface area contributed by atoms with Crippen LogP contribution in [-0.2, 0) is 4.74 Å². The van der Waals surface area contributed by atoms with Gasteiger partial charge in [-0.3, -0.25) is 9.89 Å². The van der Waals surface area contributed by atoms with Crippen molar-refractivity contribution >= 4 is 12.1 Å². The van der Waals surface area contributed by atoms with E-state index >= 15 is 0 Å². The molecule has 2 saturated heterocycles. The number of likely N-dealkylation sites (N-methyl/N-ethyl adjacent to an activating group) is 1. The van der Waals surface area contributed by atoms with Crippen molar-refractivity contribution in [2.24, 2.45) is 10.9 Å². The molecule has 0 radical (unpaired) electrons. The second-order valence-corrected chi connectivity index (χ2v) is 9.97. The Kier molecular flexibility index (Phi) is 6.94. The molecule has 3 rings (SSSR count). The molecule has 2 fully saturated rings. The Hall–Kier alpha value is -1.54. The summed E-state index contributed by atoms with van der Waals surface area (Å²) in [6.45, 7) is 18.7. The fourth-order valence-corrected chi connectivity index (χ4v) is 4.36. The molecule has 2 unspecified atom stereocenters. The Bertz CT molecular complexity index is 594. The Balaban J connectivity index is 1.50. The van der Waals surface area contributed by atoms with Crippen LogP contribution in [0.4, 0.5) is 4.79 Å². The molecule has 1 amide bonds. The van der Waals surface area contributed by atoms with E-state index in [9.17, 15) is 4.79 Å². The van der Waals surface area contributed by atoms with Crippen molar-refractivity contribution in [1.29, 1.82) is 0 Å². The number of ether oxygens (including phenoxy) is 1. The van der Waals surface area contributed by atoms with E-state index in [2.05, 4.69) is 40.9 Å². The predicted molar refractivity (Wildman–Crippen MR) is 116 cm³/mol. The van der Waals surface area contributed by atoms with Gasteiger partial charge in [-0.1, -0.05) is 13.8 Å². The highest BCUT2D eigenvalue weighted by atomic mass is 16.6. The molecule has 0 aromatic rings. The van der Waals surface area contributed by atoms with E-state index in [1.54, 1.807) is 0 Å². The van der Waals surface area contributed by atoms with E-state index in [0.29, 0.717) is 25.0 Å². The fraction of sp³-hybridized carbons (Fsp3) is 0.905. The molecule has 0 saturated carbocycles. The highest BCUT2D eigenvalue weighted by Crippen LogP contribution is 2.19. The third-order valence-electron chi connectivity index (χ3n) is 6.10. The average Bonchev–Trinajstić information content (AvgIpc) is 3.04. The van der Waals surface area contributed by atoms with E-state index < -0.39 is 5.60 Å². The number of piperazine rings is 2. The Morgan fingerprint density at radius 3 is 2.48 bits per heavy atom. The van der Waals surface area contributed by atoms with E-state index in [-0.39, 0.29) is 12.1 Å². The topological polar surface area (TPSA) is 63.7 Å². The van der Waals surface area contributed by atoms with E-state index in [1.165, 1.54) is 0 Å². The van der Waals surface area contributed by atoms with Crippen molar-refractivity contribution in [2.75, 3.05) is 66.0 Å². The lowest BCUT2D eigenvalue weighted by atomic mass is 10.0. The van der Waals surface area contributed by atoms with Crippen molar-refractivity contribution in [2.45, 2.75) is 52.3 Å². The normalized spacial score (nSPS) is 25.1. The zero-order valence-corrected chi connectivity index (χ0v) is 19.1. The number of aliphatic imine (C=N–C) groups is 1. The predicted octanol–water partition coefficient (Wildman–Crippen LogP) is 1.14. The summed E-state index contributed by atoms with van der Waals surface area (Å²) in [5.41, 5.74) is -0.456. The summed E-state index contributed by atoms with van der Waals surface area (Å²) in [5, 5.41) is 3.64. The Morgan fingerprint density at radius 2 is 1.86 bits per heavy atom. The second kappa shape index (κ2) is 9.08. The number of amides is 1. The van der Waals surface area contributed by atoms with Gasteiger partial charge >= 0.3 is 6.09 Å². The third-order valence-corrected chi connectivity index (χ3v) is 6.10. The average molecular weight is 409 g/mol. The Morgan fingerprint density at radius 1 is 1.17 bits per heavy atom. The molecule has 0 aliphatic carbocycles. The van der Waals surface area contributed by atoms with Crippen LogP contribution in [0.3, 0.4) is 0 Å². The lowest BCUT2D eigenvalue weighted by Crippen LogP contribution is -2.59. The van der Waals surface area contributed by atoms with Gasteiger partial charge in [0, 0.05) is 58.4 Å². The molecule has 3 aliphatic heterocycles. The first-order valence-corrected chi connectivity index (χ1v) is 11.1. The summed E-state index contributed by atoms with van der Waals surface area (Å²) in [5.74, 6) is 1.59. The van der Waals surface area contributed by atoms with Gasteiger partial charge in [0.15, 0.2) is 5.96 Å². The Labute approximate surface area is 176 Å². The molecule has 3 heterocycles. The molecule has 0 bridgehead atoms. The number of rotatable bonds is 4. The van der Waals surface area contributed by atoms with E-state index in [4.69, 9.17) is 9.73 Å². The summed E-state index contributed by atoms with van der Waals surface area (Å²) >= 11 is 0. The zero-order chi connectivity index (χ0) is 21.2. The molecule has 29 heavy (non-hydrogen) atoms. The fourth-order valence-electron chi connectivity index (χ4n) is 4.36. The van der Waals surface area contributed by atoms with Crippen molar-refractivity contribution in [3.63, 3.8) is 0 Å². The van der Waals surface area contributed by atoms with Gasteiger partial charge < -0.3 is 24.8 Å². The van der Waals surface area contributed by atoms with Crippen LogP contribution < -0.4 is 5.32 Å². The first kappa shape index (κ1) is 22.2. The minimum absolute atomic E-state index is 0.214. The van der Waals surface area contributed by atoms with Crippen LogP contribution in [0.5, 0.6) is 0 Å². The maximum atomic E-state index is 12.4. The lowest BCUT2D eigenvalue weighted by molar-refractivity contribution is 0.0137. The minimum atomic E-state index is -0.456. The van der Waals surface area contributed by atoms with Crippen LogP contribution >= 0.6 is 0 Å². The van der Waals surface area contributed by atoms with Gasteiger partial charge in [-0.25, -0.2) is 4.79 Å². The maximum Gasteiger partial charge on any atom is 0.410 e. The first-order chi connectivity index (χ1) is 13.6. The van der Waals surface area contributed by atoms with E-state index in [1.807, 2.05) is 25.7 Å². The van der Waals surface area contributed by atoms with Crippen LogP contribution in [0.25, 0.3) is 0 Å². The standard InChI is InChI=1S/C21H40N6O2/c1-16(2)18(25-9-7-24(6)8-10-25)14-23-19-22-13-17-15-26(11-12-27(17)19)20(28)29-21(3,4)5/h16-18H,7-15H2,1-6H3,(H,22,23). The molecule has 0 spiro atoms. The zero-order valence-electron chi connectivity index (χ0n) is 19.1. The molecule has 166 valence electrons. The van der Waals surface area contributed by atoms with Crippen molar-refractivity contribution in [3.8, 4) is 0 Å². The van der Waals surface area contributed by atoms with E-state index in [0.717, 1.165) is 51.8 Å². The molecule has 2 atom stereocenters. The van der Waals surface area contributed by atoms with Crippen molar-refractivity contribution < 1.29 is 9.53 Å². The van der Waals surface area contributed by atoms with Crippen LogP contribution in [0.15, 0.2) is 4.99 Å². The van der Waals surface area contributed by atoms with Gasteiger partial charge in [0.2, 0.25) is 0 Å². The number of nitrogens with one attached hydrogen (secondary N) is 1. The van der Waals surface area contributed by atoms with Crippen LogP contribution in [-0.4, -0.2) is 115 Å². The second-order valence-electron chi connectivity index (χ2n) is 9.97. The van der Waals surface area contributed by atoms with Crippen LogP contribution in [0.2, 0.25) is 0 Å².